The second-order valence-electron chi connectivity index (χ2n) is 13.1. The third kappa shape index (κ3) is 5.69. The lowest BCUT2D eigenvalue weighted by molar-refractivity contribution is 0.749. The molecule has 0 N–H and O–H groups in total. The van der Waals surface area contributed by atoms with Gasteiger partial charge in [-0.25, -0.2) is 0 Å². The van der Waals surface area contributed by atoms with Crippen molar-refractivity contribution in [2.75, 3.05) is 7.05 Å². The van der Waals surface area contributed by atoms with E-state index in [1.54, 1.807) is 0 Å². The molecule has 50 heavy (non-hydrogen) atoms. The minimum atomic E-state index is 0.526. The molecule has 0 saturated carbocycles. The lowest BCUT2D eigenvalue weighted by Crippen LogP contribution is -2.02. The summed E-state index contributed by atoms with van der Waals surface area (Å²) < 4.78 is 0. The molecule has 1 atom stereocenters. The number of hydrogen-bond acceptors (Lipinski definition) is 2. The van der Waals surface area contributed by atoms with E-state index in [1.165, 1.54) is 54.6 Å². The molecule has 0 heterocycles. The van der Waals surface area contributed by atoms with Crippen molar-refractivity contribution in [1.29, 1.82) is 0 Å². The molecule has 1 unspecified atom stereocenters. The fourth-order valence-corrected chi connectivity index (χ4v) is 7.54. The molecular formula is C48H38N2. The van der Waals surface area contributed by atoms with Crippen molar-refractivity contribution in [3.05, 3.63) is 181 Å². The van der Waals surface area contributed by atoms with Crippen LogP contribution in [0.3, 0.4) is 0 Å². The highest BCUT2D eigenvalue weighted by Gasteiger charge is 2.17. The predicted molar refractivity (Wildman–Crippen MR) is 217 cm³/mol. The molecule has 1 aliphatic rings. The Kier molecular flexibility index (Phi) is 8.36. The summed E-state index contributed by atoms with van der Waals surface area (Å²) in [6.45, 7) is 6.23. The number of nitrogens with zero attached hydrogens (tertiary/aromatic N) is 2. The van der Waals surface area contributed by atoms with E-state index >= 15 is 0 Å². The van der Waals surface area contributed by atoms with E-state index in [0.717, 1.165) is 40.1 Å². The molecule has 1 aliphatic carbocycles. The molecule has 0 aromatic heterocycles. The lowest BCUT2D eigenvalue weighted by Gasteiger charge is -2.17. The van der Waals surface area contributed by atoms with Gasteiger partial charge in [0.15, 0.2) is 0 Å². The summed E-state index contributed by atoms with van der Waals surface area (Å²) in [6.07, 6.45) is 9.74. The van der Waals surface area contributed by atoms with Gasteiger partial charge in [-0.1, -0.05) is 153 Å². The molecule has 0 amide bonds. The van der Waals surface area contributed by atoms with Crippen LogP contribution in [0.25, 0.3) is 65.8 Å². The van der Waals surface area contributed by atoms with Crippen molar-refractivity contribution in [2.45, 2.75) is 13.3 Å². The van der Waals surface area contributed by atoms with Crippen molar-refractivity contribution in [3.8, 4) is 22.3 Å². The Bertz CT molecular complexity index is 2530. The van der Waals surface area contributed by atoms with E-state index < -0.39 is 0 Å². The minimum Gasteiger partial charge on any atom is -0.288 e. The molecule has 240 valence electrons. The molecule has 2 heteroatoms. The summed E-state index contributed by atoms with van der Waals surface area (Å²) in [4.78, 5) is 9.33. The van der Waals surface area contributed by atoms with Gasteiger partial charge in [0.25, 0.3) is 0 Å². The smallest absolute Gasteiger partial charge is 0.0716 e. The van der Waals surface area contributed by atoms with Crippen LogP contribution in [0.4, 0.5) is 0 Å². The van der Waals surface area contributed by atoms with Gasteiger partial charge in [-0.3, -0.25) is 9.98 Å². The van der Waals surface area contributed by atoms with Crippen molar-refractivity contribution in [2.24, 2.45) is 15.9 Å². The van der Waals surface area contributed by atoms with Gasteiger partial charge in [0.05, 0.1) is 11.4 Å². The van der Waals surface area contributed by atoms with E-state index in [2.05, 4.69) is 182 Å². The van der Waals surface area contributed by atoms with Gasteiger partial charge >= 0.3 is 0 Å². The van der Waals surface area contributed by atoms with E-state index in [4.69, 9.17) is 4.99 Å². The summed E-state index contributed by atoms with van der Waals surface area (Å²) in [5.41, 5.74) is 10.9. The average molecular weight is 643 g/mol. The number of fused-ring (bicyclic) bond motifs is 6. The quantitative estimate of drug-likeness (QED) is 0.122. The Morgan fingerprint density at radius 3 is 1.92 bits per heavy atom. The summed E-state index contributed by atoms with van der Waals surface area (Å²) in [5.74, 6) is 0.526. The zero-order chi connectivity index (χ0) is 34.0. The van der Waals surface area contributed by atoms with E-state index in [0.29, 0.717) is 5.92 Å². The molecule has 0 saturated heterocycles. The van der Waals surface area contributed by atoms with Crippen molar-refractivity contribution in [1.82, 2.24) is 0 Å². The third-order valence-electron chi connectivity index (χ3n) is 9.97. The third-order valence-corrected chi connectivity index (χ3v) is 9.97. The van der Waals surface area contributed by atoms with Gasteiger partial charge in [0.1, 0.15) is 0 Å². The van der Waals surface area contributed by atoms with Crippen LogP contribution in [0, 0.1) is 5.92 Å². The average Bonchev–Trinajstić information content (AvgIpc) is 3.18. The van der Waals surface area contributed by atoms with Crippen LogP contribution >= 0.6 is 0 Å². The summed E-state index contributed by atoms with van der Waals surface area (Å²) in [7, 11) is 1.85. The molecule has 7 aromatic rings. The van der Waals surface area contributed by atoms with E-state index in [9.17, 15) is 0 Å². The van der Waals surface area contributed by atoms with Crippen LogP contribution < -0.4 is 0 Å². The first-order valence-corrected chi connectivity index (χ1v) is 17.3. The second-order valence-corrected chi connectivity index (χ2v) is 13.1. The molecule has 2 nitrogen and oxygen atoms in total. The Balaban J connectivity index is 1.23. The maximum atomic E-state index is 4.82. The van der Waals surface area contributed by atoms with Gasteiger partial charge in [-0.15, -0.1) is 0 Å². The molecule has 0 bridgehead atoms. The van der Waals surface area contributed by atoms with Crippen LogP contribution in [0.15, 0.2) is 174 Å². The molecule has 7 aromatic carbocycles. The highest BCUT2D eigenvalue weighted by Crippen LogP contribution is 2.40. The molecule has 0 fully saturated rings. The molecule has 0 spiro atoms. The zero-order valence-electron chi connectivity index (χ0n) is 28.5. The highest BCUT2D eigenvalue weighted by molar-refractivity contribution is 6.26. The summed E-state index contributed by atoms with van der Waals surface area (Å²) in [5, 5.41) is 7.64. The Labute approximate surface area is 294 Å². The fraction of sp³-hybridized carbons (Fsp3) is 0.0833. The van der Waals surface area contributed by atoms with Gasteiger partial charge in [0.2, 0.25) is 0 Å². The molecule has 0 radical (unpaired) electrons. The van der Waals surface area contributed by atoms with Crippen molar-refractivity contribution in [3.63, 3.8) is 0 Å². The van der Waals surface area contributed by atoms with E-state index in [1.807, 2.05) is 7.05 Å². The second kappa shape index (κ2) is 13.4. The number of allylic oxidation sites excluding steroid dienone is 5. The maximum absolute atomic E-state index is 4.82. The van der Waals surface area contributed by atoms with Crippen LogP contribution in [0.1, 0.15) is 30.0 Å². The van der Waals surface area contributed by atoms with Gasteiger partial charge in [0, 0.05) is 18.2 Å². The van der Waals surface area contributed by atoms with Gasteiger partial charge < -0.3 is 0 Å². The van der Waals surface area contributed by atoms with Crippen LogP contribution in [0.5, 0.6) is 0 Å². The molecule has 0 aliphatic heterocycles. The number of aliphatic imine (C=N–C) groups is 2. The number of benzene rings is 7. The minimum absolute atomic E-state index is 0.526. The fourth-order valence-electron chi connectivity index (χ4n) is 7.54. The molecular weight excluding hydrogens is 605 g/mol. The SMILES string of the molecule is C=N/C(=C\C(=NC)c1ccccc1-c1ccccc1-c1ccc2c3ccccc3c3ccccc3c2c1)c1cccc(C2=CC=CC(C)C2)c1. The van der Waals surface area contributed by atoms with Gasteiger partial charge in [-0.2, -0.15) is 0 Å². The Morgan fingerprint density at radius 1 is 0.620 bits per heavy atom. The monoisotopic (exact) mass is 642 g/mol. The first-order valence-electron chi connectivity index (χ1n) is 17.3. The van der Waals surface area contributed by atoms with Crippen LogP contribution in [0.2, 0.25) is 0 Å². The highest BCUT2D eigenvalue weighted by atomic mass is 14.7. The Hall–Kier alpha value is -6.12. The number of rotatable bonds is 7. The van der Waals surface area contributed by atoms with E-state index in [-0.39, 0.29) is 0 Å². The lowest BCUT2D eigenvalue weighted by atomic mass is 9.88. The zero-order valence-corrected chi connectivity index (χ0v) is 28.5. The first kappa shape index (κ1) is 31.2. The summed E-state index contributed by atoms with van der Waals surface area (Å²) in [6, 6.07) is 50.3. The largest absolute Gasteiger partial charge is 0.288 e. The van der Waals surface area contributed by atoms with Gasteiger partial charge in [-0.05, 0) is 103 Å². The molecule has 8 rings (SSSR count). The van der Waals surface area contributed by atoms with Crippen LogP contribution in [-0.4, -0.2) is 19.5 Å². The topological polar surface area (TPSA) is 24.7 Å². The maximum Gasteiger partial charge on any atom is 0.0716 e. The normalized spacial score (nSPS) is 15.1. The predicted octanol–water partition coefficient (Wildman–Crippen LogP) is 12.6. The Morgan fingerprint density at radius 2 is 1.24 bits per heavy atom. The van der Waals surface area contributed by atoms with Crippen molar-refractivity contribution < 1.29 is 0 Å². The number of hydrogen-bond donors (Lipinski definition) is 0. The van der Waals surface area contributed by atoms with Crippen molar-refractivity contribution >= 4 is 56.0 Å². The van der Waals surface area contributed by atoms with Crippen LogP contribution in [-0.2, 0) is 0 Å². The standard InChI is InChI=1S/C48H38N2/c1-32-14-12-15-33(28-32)34-16-13-17-36(29-34)47(49-2)31-48(50-3)45-25-11-10-23-42(45)38-19-5-4-18-37(38)35-26-27-44-41-22-7-6-20-39(41)40-21-8-9-24-43(40)46(44)30-35/h4-27,29-32H,2,28H2,1,3H3/b47-31-,50-48?. The first-order chi connectivity index (χ1) is 24.6. The summed E-state index contributed by atoms with van der Waals surface area (Å²) >= 11 is 0.